The SMILES string of the molecule is C#CCOCCOCCOCCOCCOCCOc1cccc2c1C(=O)N(C1CCC(=O)NC1=O)C2=O. The summed E-state index contributed by atoms with van der Waals surface area (Å²) in [4.78, 5) is 50.4. The minimum Gasteiger partial charge on any atom is -0.490 e. The van der Waals surface area contributed by atoms with E-state index in [0.29, 0.717) is 52.9 Å². The van der Waals surface area contributed by atoms with Gasteiger partial charge in [-0.05, 0) is 18.6 Å². The van der Waals surface area contributed by atoms with Gasteiger partial charge in [0.15, 0.2) is 0 Å². The monoisotopic (exact) mass is 532 g/mol. The molecule has 1 N–H and O–H groups in total. The zero-order valence-electron chi connectivity index (χ0n) is 21.1. The first-order chi connectivity index (χ1) is 18.5. The van der Waals surface area contributed by atoms with Gasteiger partial charge < -0.3 is 28.4 Å². The molecule has 206 valence electrons. The standard InChI is InChI=1S/C26H32N2O10/c1-2-8-33-9-10-34-11-12-35-13-14-36-15-16-37-17-18-38-21-5-3-4-19-23(21)26(32)28(25(19)31)20-6-7-22(29)27-24(20)30/h1,3-5,20H,6-18H2,(H,27,29,30). The van der Waals surface area contributed by atoms with Crippen LogP contribution in [0, 0.1) is 12.3 Å². The van der Waals surface area contributed by atoms with Crippen LogP contribution in [0.1, 0.15) is 33.6 Å². The molecule has 0 aliphatic carbocycles. The molecule has 0 bridgehead atoms. The molecule has 3 rings (SSSR count). The molecule has 1 unspecified atom stereocenters. The fourth-order valence-electron chi connectivity index (χ4n) is 3.83. The zero-order chi connectivity index (χ0) is 27.2. The summed E-state index contributed by atoms with van der Waals surface area (Å²) in [5.74, 6) is 0.324. The number of carbonyl (C=O) groups excluding carboxylic acids is 4. The van der Waals surface area contributed by atoms with Gasteiger partial charge in [-0.2, -0.15) is 0 Å². The molecule has 2 aliphatic rings. The predicted octanol–water partition coefficient (Wildman–Crippen LogP) is 0.183. The van der Waals surface area contributed by atoms with Crippen molar-refractivity contribution in [2.45, 2.75) is 18.9 Å². The number of terminal acetylenes is 1. The lowest BCUT2D eigenvalue weighted by Crippen LogP contribution is -2.54. The molecule has 1 aromatic rings. The number of fused-ring (bicyclic) bond motifs is 1. The summed E-state index contributed by atoms with van der Waals surface area (Å²) in [6.45, 7) is 4.06. The third-order valence-electron chi connectivity index (χ3n) is 5.59. The minimum absolute atomic E-state index is 0.0566. The Morgan fingerprint density at radius 2 is 1.39 bits per heavy atom. The molecule has 4 amide bonds. The average molecular weight is 533 g/mol. The van der Waals surface area contributed by atoms with Crippen molar-refractivity contribution >= 4 is 23.6 Å². The number of nitrogens with one attached hydrogen (secondary N) is 1. The molecule has 38 heavy (non-hydrogen) atoms. The number of imide groups is 2. The van der Waals surface area contributed by atoms with E-state index in [2.05, 4.69) is 11.2 Å². The van der Waals surface area contributed by atoms with Crippen LogP contribution in [0.25, 0.3) is 0 Å². The Kier molecular flexibility index (Phi) is 12.2. The molecule has 12 heteroatoms. The fraction of sp³-hybridized carbons (Fsp3) is 0.538. The van der Waals surface area contributed by atoms with E-state index in [4.69, 9.17) is 34.8 Å². The van der Waals surface area contributed by atoms with Gasteiger partial charge in [0.2, 0.25) is 11.8 Å². The molecular weight excluding hydrogens is 500 g/mol. The highest BCUT2D eigenvalue weighted by Gasteiger charge is 2.45. The maximum Gasteiger partial charge on any atom is 0.266 e. The van der Waals surface area contributed by atoms with Gasteiger partial charge in [0.1, 0.15) is 25.0 Å². The van der Waals surface area contributed by atoms with Crippen LogP contribution < -0.4 is 10.1 Å². The Labute approximate surface area is 220 Å². The van der Waals surface area contributed by atoms with Crippen LogP contribution in [0.3, 0.4) is 0 Å². The van der Waals surface area contributed by atoms with Crippen molar-refractivity contribution in [2.24, 2.45) is 0 Å². The number of nitrogens with zero attached hydrogens (tertiary/aromatic N) is 1. The van der Waals surface area contributed by atoms with Crippen molar-refractivity contribution in [1.29, 1.82) is 0 Å². The van der Waals surface area contributed by atoms with Crippen LogP contribution in [-0.4, -0.2) is 107 Å². The van der Waals surface area contributed by atoms with Gasteiger partial charge in [0.05, 0.1) is 70.6 Å². The molecule has 2 heterocycles. The Hall–Kier alpha value is -3.34. The van der Waals surface area contributed by atoms with E-state index < -0.39 is 29.7 Å². The lowest BCUT2D eigenvalue weighted by molar-refractivity contribution is -0.136. The summed E-state index contributed by atoms with van der Waals surface area (Å²) in [6, 6.07) is 3.67. The maximum atomic E-state index is 13.0. The van der Waals surface area contributed by atoms with Crippen molar-refractivity contribution < 1.29 is 47.6 Å². The number of amides is 4. The Morgan fingerprint density at radius 3 is 1.97 bits per heavy atom. The topological polar surface area (TPSA) is 139 Å². The number of carbonyl (C=O) groups is 4. The van der Waals surface area contributed by atoms with Crippen molar-refractivity contribution in [3.8, 4) is 18.1 Å². The van der Waals surface area contributed by atoms with Crippen LogP contribution in [0.4, 0.5) is 0 Å². The van der Waals surface area contributed by atoms with Gasteiger partial charge in [0.25, 0.3) is 11.8 Å². The number of hydrogen-bond donors (Lipinski definition) is 1. The second-order valence-corrected chi connectivity index (χ2v) is 8.18. The van der Waals surface area contributed by atoms with E-state index in [1.165, 1.54) is 6.07 Å². The van der Waals surface area contributed by atoms with Gasteiger partial charge >= 0.3 is 0 Å². The number of rotatable bonds is 18. The highest BCUT2D eigenvalue weighted by atomic mass is 16.6. The second-order valence-electron chi connectivity index (χ2n) is 8.18. The summed E-state index contributed by atoms with van der Waals surface area (Å²) in [7, 11) is 0. The Morgan fingerprint density at radius 1 is 0.816 bits per heavy atom. The first-order valence-electron chi connectivity index (χ1n) is 12.3. The van der Waals surface area contributed by atoms with Gasteiger partial charge in [-0.1, -0.05) is 12.0 Å². The van der Waals surface area contributed by atoms with Gasteiger partial charge in [0, 0.05) is 6.42 Å². The van der Waals surface area contributed by atoms with Crippen LogP contribution in [-0.2, 0) is 33.3 Å². The molecule has 1 saturated heterocycles. The smallest absolute Gasteiger partial charge is 0.266 e. The quantitative estimate of drug-likeness (QED) is 0.158. The molecule has 1 atom stereocenters. The van der Waals surface area contributed by atoms with Crippen LogP contribution in [0.2, 0.25) is 0 Å². The molecule has 2 aliphatic heterocycles. The number of piperidine rings is 1. The second kappa shape index (κ2) is 15.8. The third kappa shape index (κ3) is 8.34. The lowest BCUT2D eigenvalue weighted by atomic mass is 10.0. The first kappa shape index (κ1) is 29.2. The summed E-state index contributed by atoms with van der Waals surface area (Å²) in [5, 5.41) is 2.17. The Balaban J connectivity index is 1.27. The molecular formula is C26H32N2O10. The summed E-state index contributed by atoms with van der Waals surface area (Å²) in [6.07, 6.45) is 5.21. The fourth-order valence-corrected chi connectivity index (χ4v) is 3.83. The molecule has 0 radical (unpaired) electrons. The van der Waals surface area contributed by atoms with Gasteiger partial charge in [-0.3, -0.25) is 29.4 Å². The molecule has 1 fully saturated rings. The van der Waals surface area contributed by atoms with E-state index >= 15 is 0 Å². The van der Waals surface area contributed by atoms with Crippen molar-refractivity contribution in [3.63, 3.8) is 0 Å². The van der Waals surface area contributed by atoms with Crippen LogP contribution in [0.15, 0.2) is 18.2 Å². The number of ether oxygens (including phenoxy) is 6. The molecule has 0 spiro atoms. The highest BCUT2D eigenvalue weighted by molar-refractivity contribution is 6.24. The average Bonchev–Trinajstić information content (AvgIpc) is 3.16. The predicted molar refractivity (Wildman–Crippen MR) is 132 cm³/mol. The third-order valence-corrected chi connectivity index (χ3v) is 5.59. The minimum atomic E-state index is -1.03. The normalized spacial score (nSPS) is 16.9. The van der Waals surface area contributed by atoms with Gasteiger partial charge in [-0.15, -0.1) is 6.42 Å². The van der Waals surface area contributed by atoms with Crippen molar-refractivity contribution in [1.82, 2.24) is 10.2 Å². The van der Waals surface area contributed by atoms with Gasteiger partial charge in [-0.25, -0.2) is 0 Å². The first-order valence-corrected chi connectivity index (χ1v) is 12.3. The maximum absolute atomic E-state index is 13.0. The highest BCUT2D eigenvalue weighted by Crippen LogP contribution is 2.33. The molecule has 0 saturated carbocycles. The van der Waals surface area contributed by atoms with Crippen LogP contribution >= 0.6 is 0 Å². The molecule has 12 nitrogen and oxygen atoms in total. The van der Waals surface area contributed by atoms with E-state index in [9.17, 15) is 19.2 Å². The van der Waals surface area contributed by atoms with E-state index in [1.807, 2.05) is 0 Å². The van der Waals surface area contributed by atoms with E-state index in [1.54, 1.807) is 12.1 Å². The number of benzene rings is 1. The van der Waals surface area contributed by atoms with E-state index in [-0.39, 0.29) is 49.5 Å². The summed E-state index contributed by atoms with van der Waals surface area (Å²) >= 11 is 0. The van der Waals surface area contributed by atoms with Crippen LogP contribution in [0.5, 0.6) is 5.75 Å². The summed E-state index contributed by atoms with van der Waals surface area (Å²) < 4.78 is 32.4. The number of hydrogen-bond acceptors (Lipinski definition) is 10. The molecule has 1 aromatic carbocycles. The Bertz CT molecular complexity index is 1020. The zero-order valence-corrected chi connectivity index (χ0v) is 21.1. The summed E-state index contributed by atoms with van der Waals surface area (Å²) in [5.41, 5.74) is 0.266. The lowest BCUT2D eigenvalue weighted by Gasteiger charge is -2.27. The molecule has 0 aromatic heterocycles. The van der Waals surface area contributed by atoms with Crippen molar-refractivity contribution in [2.75, 3.05) is 72.7 Å². The van der Waals surface area contributed by atoms with E-state index in [0.717, 1.165) is 4.90 Å². The van der Waals surface area contributed by atoms with Crippen molar-refractivity contribution in [3.05, 3.63) is 29.3 Å². The largest absolute Gasteiger partial charge is 0.490 e.